The van der Waals surface area contributed by atoms with E-state index in [4.69, 9.17) is 16.3 Å². The van der Waals surface area contributed by atoms with Crippen LogP contribution in [0.5, 0.6) is 0 Å². The molecule has 1 aromatic rings. The van der Waals surface area contributed by atoms with Gasteiger partial charge in [0.05, 0.1) is 6.10 Å². The van der Waals surface area contributed by atoms with Crippen molar-refractivity contribution < 1.29 is 4.74 Å². The summed E-state index contributed by atoms with van der Waals surface area (Å²) in [7, 11) is 0. The van der Waals surface area contributed by atoms with Gasteiger partial charge in [0.25, 0.3) is 0 Å². The molecule has 0 spiro atoms. The van der Waals surface area contributed by atoms with Gasteiger partial charge in [-0.05, 0) is 38.3 Å². The van der Waals surface area contributed by atoms with E-state index in [1.54, 1.807) is 0 Å². The third kappa shape index (κ3) is 2.69. The molecule has 1 aromatic heterocycles. The zero-order valence-electron chi connectivity index (χ0n) is 10.5. The fourth-order valence-corrected chi connectivity index (χ4v) is 2.20. The Bertz CT molecular complexity index is 411. The van der Waals surface area contributed by atoms with Gasteiger partial charge in [0.1, 0.15) is 0 Å². The number of hydrogen-bond acceptors (Lipinski definition) is 4. The second kappa shape index (κ2) is 5.19. The van der Waals surface area contributed by atoms with Crippen molar-refractivity contribution in [3.63, 3.8) is 0 Å². The largest absolute Gasteiger partial charge is 0.378 e. The van der Waals surface area contributed by atoms with E-state index in [9.17, 15) is 0 Å². The van der Waals surface area contributed by atoms with Crippen LogP contribution in [0.25, 0.3) is 0 Å². The van der Waals surface area contributed by atoms with Crippen molar-refractivity contribution in [3.8, 4) is 0 Å². The maximum atomic E-state index is 5.91. The molecule has 2 unspecified atom stereocenters. The standard InChI is InChI=1S/C12H18ClN3O/c1-7-8(2)12(16-15-11(7)13)14-6-10-4-5-17-9(10)3/h9-10H,4-6H2,1-3H3,(H,14,16). The Morgan fingerprint density at radius 1 is 1.35 bits per heavy atom. The maximum absolute atomic E-state index is 5.91. The normalized spacial score (nSPS) is 24.0. The van der Waals surface area contributed by atoms with Crippen molar-refractivity contribution in [2.45, 2.75) is 33.3 Å². The van der Waals surface area contributed by atoms with Gasteiger partial charge in [0.15, 0.2) is 11.0 Å². The van der Waals surface area contributed by atoms with Crippen LogP contribution in [-0.2, 0) is 4.74 Å². The second-order valence-corrected chi connectivity index (χ2v) is 4.95. The molecule has 0 aromatic carbocycles. The average Bonchev–Trinajstić information content (AvgIpc) is 2.71. The van der Waals surface area contributed by atoms with Crippen molar-refractivity contribution in [2.75, 3.05) is 18.5 Å². The maximum Gasteiger partial charge on any atom is 0.155 e. The van der Waals surface area contributed by atoms with Crippen LogP contribution in [0.4, 0.5) is 5.82 Å². The number of nitrogens with one attached hydrogen (secondary N) is 1. The highest BCUT2D eigenvalue weighted by Crippen LogP contribution is 2.23. The highest BCUT2D eigenvalue weighted by Gasteiger charge is 2.24. The van der Waals surface area contributed by atoms with Crippen LogP contribution in [0.3, 0.4) is 0 Å². The minimum absolute atomic E-state index is 0.323. The number of nitrogens with zero attached hydrogens (tertiary/aromatic N) is 2. The molecule has 1 aliphatic heterocycles. The van der Waals surface area contributed by atoms with Crippen molar-refractivity contribution >= 4 is 17.4 Å². The molecule has 1 fully saturated rings. The molecule has 2 rings (SSSR count). The van der Waals surface area contributed by atoms with E-state index < -0.39 is 0 Å². The Labute approximate surface area is 107 Å². The van der Waals surface area contributed by atoms with Crippen LogP contribution in [-0.4, -0.2) is 29.5 Å². The Balaban J connectivity index is 2.02. The number of anilines is 1. The summed E-state index contributed by atoms with van der Waals surface area (Å²) >= 11 is 5.91. The Kier molecular flexibility index (Phi) is 3.84. The lowest BCUT2D eigenvalue weighted by Crippen LogP contribution is -2.21. The molecule has 0 amide bonds. The number of rotatable bonds is 3. The molecule has 1 N–H and O–H groups in total. The van der Waals surface area contributed by atoms with Crippen molar-refractivity contribution in [2.24, 2.45) is 5.92 Å². The molecule has 5 heteroatoms. The lowest BCUT2D eigenvalue weighted by atomic mass is 10.0. The van der Waals surface area contributed by atoms with Crippen LogP contribution < -0.4 is 5.32 Å². The summed E-state index contributed by atoms with van der Waals surface area (Å²) in [5.41, 5.74) is 2.05. The lowest BCUT2D eigenvalue weighted by Gasteiger charge is -2.16. The summed E-state index contributed by atoms with van der Waals surface area (Å²) in [6.07, 6.45) is 1.43. The van der Waals surface area contributed by atoms with Gasteiger partial charge in [0.2, 0.25) is 0 Å². The minimum Gasteiger partial charge on any atom is -0.378 e. The molecule has 1 aliphatic rings. The van der Waals surface area contributed by atoms with E-state index in [1.165, 1.54) is 0 Å². The Morgan fingerprint density at radius 3 is 2.76 bits per heavy atom. The molecule has 94 valence electrons. The fraction of sp³-hybridized carbons (Fsp3) is 0.667. The van der Waals surface area contributed by atoms with Gasteiger partial charge in [-0.1, -0.05) is 11.6 Å². The van der Waals surface area contributed by atoms with Crippen LogP contribution >= 0.6 is 11.6 Å². The molecule has 1 saturated heterocycles. The molecular formula is C12H18ClN3O. The third-order valence-corrected chi connectivity index (χ3v) is 3.89. The van der Waals surface area contributed by atoms with Crippen LogP contribution in [0, 0.1) is 19.8 Å². The molecule has 0 aliphatic carbocycles. The summed E-state index contributed by atoms with van der Waals surface area (Å²) in [5, 5.41) is 11.8. The number of aromatic nitrogens is 2. The predicted octanol–water partition coefficient (Wildman–Crippen LogP) is 2.58. The first-order valence-corrected chi connectivity index (χ1v) is 6.32. The first kappa shape index (κ1) is 12.6. The summed E-state index contributed by atoms with van der Waals surface area (Å²) < 4.78 is 5.53. The minimum atomic E-state index is 0.323. The zero-order chi connectivity index (χ0) is 12.4. The SMILES string of the molecule is Cc1c(Cl)nnc(NCC2CCOC2C)c1C. The quantitative estimate of drug-likeness (QED) is 0.902. The highest BCUT2D eigenvalue weighted by atomic mass is 35.5. The van der Waals surface area contributed by atoms with Gasteiger partial charge in [0, 0.05) is 19.1 Å². The van der Waals surface area contributed by atoms with E-state index in [2.05, 4.69) is 22.4 Å². The average molecular weight is 256 g/mol. The van der Waals surface area contributed by atoms with Gasteiger partial charge in [-0.2, -0.15) is 0 Å². The van der Waals surface area contributed by atoms with E-state index in [-0.39, 0.29) is 0 Å². The molecule has 2 atom stereocenters. The van der Waals surface area contributed by atoms with Gasteiger partial charge in [-0.25, -0.2) is 0 Å². The van der Waals surface area contributed by atoms with Crippen LogP contribution in [0.15, 0.2) is 0 Å². The molecule has 2 heterocycles. The summed E-state index contributed by atoms with van der Waals surface area (Å²) in [6.45, 7) is 7.81. The van der Waals surface area contributed by atoms with Crippen molar-refractivity contribution in [1.29, 1.82) is 0 Å². The lowest BCUT2D eigenvalue weighted by molar-refractivity contribution is 0.108. The predicted molar refractivity (Wildman–Crippen MR) is 68.5 cm³/mol. The summed E-state index contributed by atoms with van der Waals surface area (Å²) in [4.78, 5) is 0. The molecule has 0 radical (unpaired) electrons. The first-order chi connectivity index (χ1) is 8.09. The third-order valence-electron chi connectivity index (χ3n) is 3.53. The zero-order valence-corrected chi connectivity index (χ0v) is 11.2. The van der Waals surface area contributed by atoms with Gasteiger partial charge < -0.3 is 10.1 Å². The van der Waals surface area contributed by atoms with E-state index in [0.717, 1.165) is 36.5 Å². The van der Waals surface area contributed by atoms with Crippen LogP contribution in [0.2, 0.25) is 5.15 Å². The van der Waals surface area contributed by atoms with E-state index in [1.807, 2.05) is 13.8 Å². The summed E-state index contributed by atoms with van der Waals surface area (Å²) in [6, 6.07) is 0. The van der Waals surface area contributed by atoms with Gasteiger partial charge in [-0.15, -0.1) is 10.2 Å². The Morgan fingerprint density at radius 2 is 2.12 bits per heavy atom. The molecule has 17 heavy (non-hydrogen) atoms. The van der Waals surface area contributed by atoms with Crippen LogP contribution in [0.1, 0.15) is 24.5 Å². The number of ether oxygens (including phenoxy) is 1. The number of halogens is 1. The highest BCUT2D eigenvalue weighted by molar-refractivity contribution is 6.30. The summed E-state index contributed by atoms with van der Waals surface area (Å²) in [5.74, 6) is 1.37. The van der Waals surface area contributed by atoms with Gasteiger partial charge in [-0.3, -0.25) is 0 Å². The van der Waals surface area contributed by atoms with Crippen molar-refractivity contribution in [1.82, 2.24) is 10.2 Å². The fourth-order valence-electron chi connectivity index (χ4n) is 2.02. The number of hydrogen-bond donors (Lipinski definition) is 1. The monoisotopic (exact) mass is 255 g/mol. The molecule has 0 bridgehead atoms. The van der Waals surface area contributed by atoms with E-state index >= 15 is 0 Å². The Hall–Kier alpha value is -0.870. The van der Waals surface area contributed by atoms with E-state index in [0.29, 0.717) is 17.2 Å². The molecule has 4 nitrogen and oxygen atoms in total. The topological polar surface area (TPSA) is 47.0 Å². The van der Waals surface area contributed by atoms with Crippen molar-refractivity contribution in [3.05, 3.63) is 16.3 Å². The molecular weight excluding hydrogens is 238 g/mol. The van der Waals surface area contributed by atoms with Gasteiger partial charge >= 0.3 is 0 Å². The molecule has 0 saturated carbocycles. The smallest absolute Gasteiger partial charge is 0.155 e. The second-order valence-electron chi connectivity index (χ2n) is 4.59. The first-order valence-electron chi connectivity index (χ1n) is 5.94.